The van der Waals surface area contributed by atoms with E-state index in [1.54, 1.807) is 7.11 Å². The van der Waals surface area contributed by atoms with Crippen LogP contribution >= 0.6 is 0 Å². The molecule has 0 aliphatic carbocycles. The average molecular weight is 205 g/mol. The van der Waals surface area contributed by atoms with Crippen LogP contribution in [0, 0.1) is 0 Å². The molecule has 0 amide bonds. The van der Waals surface area contributed by atoms with Crippen molar-refractivity contribution >= 4 is 10.8 Å². The van der Waals surface area contributed by atoms with E-state index in [4.69, 9.17) is 4.74 Å². The van der Waals surface area contributed by atoms with Gasteiger partial charge in [-0.3, -0.25) is 9.11 Å². The summed E-state index contributed by atoms with van der Waals surface area (Å²) in [4.78, 5) is 2.32. The minimum absolute atomic E-state index is 0.0496. The molecule has 0 N–H and O–H groups in total. The van der Waals surface area contributed by atoms with Gasteiger partial charge in [0.1, 0.15) is 0 Å². The summed E-state index contributed by atoms with van der Waals surface area (Å²) in [5, 5.41) is 0. The fourth-order valence-corrected chi connectivity index (χ4v) is 2.89. The Balaban J connectivity index is 2.41. The molecule has 0 bridgehead atoms. The topological polar surface area (TPSA) is 29.5 Å². The quantitative estimate of drug-likeness (QED) is 0.671. The van der Waals surface area contributed by atoms with Gasteiger partial charge in [-0.05, 0) is 13.8 Å². The van der Waals surface area contributed by atoms with E-state index < -0.39 is 10.8 Å². The van der Waals surface area contributed by atoms with Gasteiger partial charge in [-0.1, -0.05) is 0 Å². The van der Waals surface area contributed by atoms with Crippen LogP contribution in [0.25, 0.3) is 0 Å². The molecule has 0 aromatic rings. The van der Waals surface area contributed by atoms with Crippen LogP contribution in [0.5, 0.6) is 0 Å². The Kier molecular flexibility index (Phi) is 3.88. The van der Waals surface area contributed by atoms with Crippen molar-refractivity contribution < 1.29 is 8.95 Å². The normalized spacial score (nSPS) is 29.0. The molecule has 0 radical (unpaired) electrons. The highest BCUT2D eigenvalue weighted by Gasteiger charge is 2.32. The van der Waals surface area contributed by atoms with Crippen molar-refractivity contribution in [3.8, 4) is 0 Å². The average Bonchev–Trinajstić information content (AvgIpc) is 2.07. The number of nitrogens with zero attached hydrogens (tertiary/aromatic N) is 1. The Labute approximate surface area is 82.9 Å². The number of methoxy groups -OCH3 is 1. The first-order valence-corrected chi connectivity index (χ1v) is 5.98. The van der Waals surface area contributed by atoms with Gasteiger partial charge >= 0.3 is 0 Å². The van der Waals surface area contributed by atoms with E-state index in [0.29, 0.717) is 0 Å². The zero-order valence-corrected chi connectivity index (χ0v) is 9.52. The van der Waals surface area contributed by atoms with Crippen molar-refractivity contribution in [1.82, 2.24) is 4.90 Å². The predicted molar refractivity (Wildman–Crippen MR) is 55.4 cm³/mol. The summed E-state index contributed by atoms with van der Waals surface area (Å²) >= 11 is 0. The van der Waals surface area contributed by atoms with Crippen LogP contribution < -0.4 is 0 Å². The maximum Gasteiger partial charge on any atom is 0.0589 e. The highest BCUT2D eigenvalue weighted by molar-refractivity contribution is 7.86. The first-order chi connectivity index (χ1) is 6.06. The second-order valence-electron chi connectivity index (χ2n) is 4.08. The number of hydrogen-bond acceptors (Lipinski definition) is 3. The van der Waals surface area contributed by atoms with Gasteiger partial charge in [0.25, 0.3) is 0 Å². The number of hydrogen-bond donors (Lipinski definition) is 0. The number of ether oxygens (including phenoxy) is 1. The second kappa shape index (κ2) is 4.53. The summed E-state index contributed by atoms with van der Waals surface area (Å²) in [6, 6.07) is 0. The van der Waals surface area contributed by atoms with Crippen LogP contribution in [0.3, 0.4) is 0 Å². The van der Waals surface area contributed by atoms with Gasteiger partial charge in [0, 0.05) is 43.3 Å². The van der Waals surface area contributed by atoms with E-state index in [9.17, 15) is 4.21 Å². The Morgan fingerprint density at radius 1 is 1.54 bits per heavy atom. The van der Waals surface area contributed by atoms with Crippen molar-refractivity contribution in [1.29, 1.82) is 0 Å². The van der Waals surface area contributed by atoms with Gasteiger partial charge in [0.05, 0.1) is 11.4 Å². The molecule has 0 aromatic heterocycles. The minimum Gasteiger partial charge on any atom is -0.383 e. The zero-order chi connectivity index (χ0) is 9.90. The molecule has 1 fully saturated rings. The molecule has 1 rings (SSSR count). The molecular formula is C9H19NO2S. The van der Waals surface area contributed by atoms with Crippen molar-refractivity contribution in [2.24, 2.45) is 0 Å². The molecule has 1 heterocycles. The van der Waals surface area contributed by atoms with E-state index in [2.05, 4.69) is 18.7 Å². The molecule has 1 saturated heterocycles. The minimum atomic E-state index is -0.659. The van der Waals surface area contributed by atoms with Crippen LogP contribution in [0.4, 0.5) is 0 Å². The molecule has 1 atom stereocenters. The Bertz CT molecular complexity index is 194. The Hall–Kier alpha value is 0.0700. The summed E-state index contributed by atoms with van der Waals surface area (Å²) in [5.74, 6) is 0.802. The van der Waals surface area contributed by atoms with Gasteiger partial charge in [-0.15, -0.1) is 0 Å². The van der Waals surface area contributed by atoms with Crippen LogP contribution in [-0.4, -0.2) is 53.0 Å². The first kappa shape index (κ1) is 11.1. The third-order valence-corrected chi connectivity index (χ3v) is 4.34. The van der Waals surface area contributed by atoms with Gasteiger partial charge in [-0.25, -0.2) is 0 Å². The molecule has 0 spiro atoms. The monoisotopic (exact) mass is 205 g/mol. The lowest BCUT2D eigenvalue weighted by molar-refractivity contribution is 0.143. The standard InChI is InChI=1S/C9H19NO2S/c1-9(2)8-10(4-6-12-3)5-7-13(9)11/h4-8H2,1-3H3. The Morgan fingerprint density at radius 3 is 2.77 bits per heavy atom. The van der Waals surface area contributed by atoms with Crippen LogP contribution in [0.15, 0.2) is 0 Å². The molecule has 78 valence electrons. The van der Waals surface area contributed by atoms with E-state index in [-0.39, 0.29) is 4.75 Å². The molecule has 1 aliphatic rings. The third-order valence-electron chi connectivity index (χ3n) is 2.43. The van der Waals surface area contributed by atoms with E-state index in [0.717, 1.165) is 32.0 Å². The first-order valence-electron chi connectivity index (χ1n) is 4.66. The lowest BCUT2D eigenvalue weighted by atomic mass is 10.2. The van der Waals surface area contributed by atoms with Crippen LogP contribution in [0.2, 0.25) is 0 Å². The summed E-state index contributed by atoms with van der Waals surface area (Å²) in [6.45, 7) is 7.73. The second-order valence-corrected chi connectivity index (χ2v) is 6.28. The fraction of sp³-hybridized carbons (Fsp3) is 1.00. The highest BCUT2D eigenvalue weighted by atomic mass is 32.2. The molecule has 1 aliphatic heterocycles. The maximum absolute atomic E-state index is 11.6. The van der Waals surface area contributed by atoms with Gasteiger partial charge < -0.3 is 4.74 Å². The maximum atomic E-state index is 11.6. The molecule has 13 heavy (non-hydrogen) atoms. The molecule has 0 aromatic carbocycles. The number of rotatable bonds is 3. The smallest absolute Gasteiger partial charge is 0.0589 e. The SMILES string of the molecule is COCCN1CCS(=O)C(C)(C)C1. The molecular weight excluding hydrogens is 186 g/mol. The third kappa shape index (κ3) is 3.04. The summed E-state index contributed by atoms with van der Waals surface area (Å²) in [7, 11) is 1.06. The molecule has 3 nitrogen and oxygen atoms in total. The lowest BCUT2D eigenvalue weighted by Gasteiger charge is -2.37. The van der Waals surface area contributed by atoms with Gasteiger partial charge in [-0.2, -0.15) is 0 Å². The van der Waals surface area contributed by atoms with E-state index in [1.165, 1.54) is 0 Å². The van der Waals surface area contributed by atoms with Crippen molar-refractivity contribution in [3.63, 3.8) is 0 Å². The zero-order valence-electron chi connectivity index (χ0n) is 8.71. The predicted octanol–water partition coefficient (Wildman–Crippen LogP) is 0.476. The van der Waals surface area contributed by atoms with Crippen molar-refractivity contribution in [3.05, 3.63) is 0 Å². The largest absolute Gasteiger partial charge is 0.383 e. The van der Waals surface area contributed by atoms with Crippen LogP contribution in [-0.2, 0) is 15.5 Å². The van der Waals surface area contributed by atoms with Gasteiger partial charge in [0.15, 0.2) is 0 Å². The van der Waals surface area contributed by atoms with E-state index in [1.807, 2.05) is 0 Å². The fourth-order valence-electron chi connectivity index (χ4n) is 1.59. The summed E-state index contributed by atoms with van der Waals surface area (Å²) in [6.07, 6.45) is 0. The van der Waals surface area contributed by atoms with E-state index >= 15 is 0 Å². The molecule has 4 heteroatoms. The van der Waals surface area contributed by atoms with Crippen molar-refractivity contribution in [2.45, 2.75) is 18.6 Å². The lowest BCUT2D eigenvalue weighted by Crippen LogP contribution is -2.50. The summed E-state index contributed by atoms with van der Waals surface area (Å²) < 4.78 is 16.6. The molecule has 0 saturated carbocycles. The van der Waals surface area contributed by atoms with Crippen molar-refractivity contribution in [2.75, 3.05) is 39.1 Å². The molecule has 1 unspecified atom stereocenters. The summed E-state index contributed by atoms with van der Waals surface area (Å²) in [5.41, 5.74) is 0. The van der Waals surface area contributed by atoms with Gasteiger partial charge in [0.2, 0.25) is 0 Å². The van der Waals surface area contributed by atoms with Crippen LogP contribution in [0.1, 0.15) is 13.8 Å². The Morgan fingerprint density at radius 2 is 2.23 bits per heavy atom. The highest BCUT2D eigenvalue weighted by Crippen LogP contribution is 2.19.